The number of rotatable bonds is 5. The molecular formula is C17H19FO2. The Bertz CT molecular complexity index is 544. The van der Waals surface area contributed by atoms with E-state index < -0.39 is 12.3 Å². The molecule has 0 aliphatic rings. The van der Waals surface area contributed by atoms with Crippen LogP contribution in [0.5, 0.6) is 11.5 Å². The Labute approximate surface area is 118 Å². The molecule has 1 unspecified atom stereocenters. The first-order chi connectivity index (χ1) is 9.51. The van der Waals surface area contributed by atoms with Crippen LogP contribution in [0.3, 0.4) is 0 Å². The van der Waals surface area contributed by atoms with Gasteiger partial charge in [-0.15, -0.1) is 0 Å². The Morgan fingerprint density at radius 3 is 2.00 bits per heavy atom. The second-order valence-corrected chi connectivity index (χ2v) is 5.15. The van der Waals surface area contributed by atoms with Gasteiger partial charge in [-0.2, -0.15) is 0 Å². The summed E-state index contributed by atoms with van der Waals surface area (Å²) in [5, 5.41) is 10.1. The maximum Gasteiger partial charge on any atom is 0.127 e. The van der Waals surface area contributed by atoms with Crippen LogP contribution < -0.4 is 4.74 Å². The van der Waals surface area contributed by atoms with E-state index in [1.54, 1.807) is 31.2 Å². The zero-order valence-electron chi connectivity index (χ0n) is 11.8. The Balaban J connectivity index is 2.10. The van der Waals surface area contributed by atoms with Gasteiger partial charge < -0.3 is 9.84 Å². The normalized spacial score (nSPS) is 13.8. The summed E-state index contributed by atoms with van der Waals surface area (Å²) >= 11 is 0. The number of hydrogen-bond donors (Lipinski definition) is 1. The molecule has 0 bridgehead atoms. The van der Waals surface area contributed by atoms with E-state index in [1.165, 1.54) is 5.56 Å². The summed E-state index contributed by atoms with van der Waals surface area (Å²) in [5.41, 5.74) is 0.721. The van der Waals surface area contributed by atoms with Crippen molar-refractivity contribution in [1.29, 1.82) is 0 Å². The van der Waals surface area contributed by atoms with Crippen LogP contribution in [0.25, 0.3) is 0 Å². The smallest absolute Gasteiger partial charge is 0.127 e. The van der Waals surface area contributed by atoms with Crippen molar-refractivity contribution < 1.29 is 14.2 Å². The Kier molecular flexibility index (Phi) is 4.40. The Hall–Kier alpha value is -1.87. The van der Waals surface area contributed by atoms with Gasteiger partial charge in [0.15, 0.2) is 0 Å². The number of halogens is 1. The number of aryl methyl sites for hydroxylation is 1. The van der Waals surface area contributed by atoms with Gasteiger partial charge in [0, 0.05) is 6.42 Å². The summed E-state index contributed by atoms with van der Waals surface area (Å²) in [4.78, 5) is 0. The zero-order chi connectivity index (χ0) is 14.6. The second-order valence-electron chi connectivity index (χ2n) is 5.15. The first-order valence-corrected chi connectivity index (χ1v) is 6.65. The summed E-state index contributed by atoms with van der Waals surface area (Å²) < 4.78 is 18.1. The van der Waals surface area contributed by atoms with Gasteiger partial charge in [0.1, 0.15) is 11.5 Å². The Morgan fingerprint density at radius 1 is 1.00 bits per heavy atom. The number of ether oxygens (including phenoxy) is 1. The monoisotopic (exact) mass is 274 g/mol. The van der Waals surface area contributed by atoms with Crippen molar-refractivity contribution in [3.05, 3.63) is 59.7 Å². The van der Waals surface area contributed by atoms with Crippen molar-refractivity contribution in [2.24, 2.45) is 0 Å². The number of aliphatic hydroxyl groups is 1. The molecule has 0 heterocycles. The first kappa shape index (κ1) is 14.5. The fourth-order valence-corrected chi connectivity index (χ4v) is 1.95. The molecule has 0 aliphatic heterocycles. The molecule has 0 radical (unpaired) electrons. The summed E-state index contributed by atoms with van der Waals surface area (Å²) in [6.07, 6.45) is 0.0885. The highest BCUT2D eigenvalue weighted by atomic mass is 19.1. The molecule has 1 N–H and O–H groups in total. The van der Waals surface area contributed by atoms with E-state index in [-0.39, 0.29) is 6.42 Å². The van der Waals surface area contributed by atoms with Gasteiger partial charge in [-0.25, -0.2) is 0 Å². The van der Waals surface area contributed by atoms with Crippen LogP contribution in [-0.4, -0.2) is 11.8 Å². The fraction of sp³-hybridized carbons (Fsp3) is 0.294. The van der Waals surface area contributed by atoms with E-state index in [0.717, 1.165) is 5.75 Å². The largest absolute Gasteiger partial charge is 0.457 e. The minimum absolute atomic E-state index is 0.0885. The van der Waals surface area contributed by atoms with Crippen molar-refractivity contribution >= 4 is 0 Å². The van der Waals surface area contributed by atoms with Crippen LogP contribution in [0.15, 0.2) is 48.5 Å². The first-order valence-electron chi connectivity index (χ1n) is 6.65. The highest BCUT2D eigenvalue weighted by molar-refractivity contribution is 5.35. The topological polar surface area (TPSA) is 29.5 Å². The average Bonchev–Trinajstić information content (AvgIpc) is 2.42. The van der Waals surface area contributed by atoms with Crippen molar-refractivity contribution in [2.45, 2.75) is 25.9 Å². The molecule has 2 aromatic rings. The van der Waals surface area contributed by atoms with E-state index in [2.05, 4.69) is 0 Å². The van der Waals surface area contributed by atoms with Crippen LogP contribution in [-0.2, 0) is 5.60 Å². The van der Waals surface area contributed by atoms with Crippen LogP contribution in [0.1, 0.15) is 24.5 Å². The van der Waals surface area contributed by atoms with E-state index in [9.17, 15) is 9.50 Å². The molecule has 106 valence electrons. The van der Waals surface area contributed by atoms with Crippen molar-refractivity contribution in [3.63, 3.8) is 0 Å². The SMILES string of the molecule is Cc1ccc(Oc2ccc(C(C)(O)CCF)cc2)cc1. The molecular weight excluding hydrogens is 255 g/mol. The van der Waals surface area contributed by atoms with Crippen LogP contribution in [0.2, 0.25) is 0 Å². The number of hydrogen-bond acceptors (Lipinski definition) is 2. The van der Waals surface area contributed by atoms with Crippen molar-refractivity contribution in [1.82, 2.24) is 0 Å². The highest BCUT2D eigenvalue weighted by Crippen LogP contribution is 2.28. The minimum atomic E-state index is -1.14. The molecule has 0 saturated carbocycles. The van der Waals surface area contributed by atoms with Gasteiger partial charge in [-0.1, -0.05) is 29.8 Å². The van der Waals surface area contributed by atoms with Gasteiger partial charge in [0.05, 0.1) is 12.3 Å². The predicted molar refractivity (Wildman–Crippen MR) is 77.9 cm³/mol. The van der Waals surface area contributed by atoms with E-state index >= 15 is 0 Å². The number of alkyl halides is 1. The molecule has 0 amide bonds. The maximum atomic E-state index is 12.4. The minimum Gasteiger partial charge on any atom is -0.457 e. The van der Waals surface area contributed by atoms with Gasteiger partial charge in [0.25, 0.3) is 0 Å². The lowest BCUT2D eigenvalue weighted by molar-refractivity contribution is 0.0408. The average molecular weight is 274 g/mol. The molecule has 0 saturated heterocycles. The molecule has 20 heavy (non-hydrogen) atoms. The van der Waals surface area contributed by atoms with E-state index in [4.69, 9.17) is 4.74 Å². The summed E-state index contributed by atoms with van der Waals surface area (Å²) in [7, 11) is 0. The molecule has 2 rings (SSSR count). The van der Waals surface area contributed by atoms with Gasteiger partial charge in [-0.3, -0.25) is 4.39 Å². The molecule has 2 nitrogen and oxygen atoms in total. The lowest BCUT2D eigenvalue weighted by Crippen LogP contribution is -2.21. The number of benzene rings is 2. The van der Waals surface area contributed by atoms with Crippen molar-refractivity contribution in [3.8, 4) is 11.5 Å². The molecule has 0 aliphatic carbocycles. The van der Waals surface area contributed by atoms with Gasteiger partial charge in [-0.05, 0) is 43.7 Å². The third kappa shape index (κ3) is 3.58. The van der Waals surface area contributed by atoms with E-state index in [1.807, 2.05) is 31.2 Å². The van der Waals surface area contributed by atoms with E-state index in [0.29, 0.717) is 11.3 Å². The third-order valence-electron chi connectivity index (χ3n) is 3.31. The van der Waals surface area contributed by atoms with Gasteiger partial charge in [0.2, 0.25) is 0 Å². The summed E-state index contributed by atoms with van der Waals surface area (Å²) in [6, 6.07) is 14.9. The third-order valence-corrected chi connectivity index (χ3v) is 3.31. The Morgan fingerprint density at radius 2 is 1.50 bits per heavy atom. The van der Waals surface area contributed by atoms with Crippen LogP contribution in [0, 0.1) is 6.92 Å². The van der Waals surface area contributed by atoms with Gasteiger partial charge >= 0.3 is 0 Å². The summed E-state index contributed by atoms with van der Waals surface area (Å²) in [6.45, 7) is 3.09. The highest BCUT2D eigenvalue weighted by Gasteiger charge is 2.22. The maximum absolute atomic E-state index is 12.4. The molecule has 0 aromatic heterocycles. The molecule has 1 atom stereocenters. The van der Waals surface area contributed by atoms with Crippen LogP contribution >= 0.6 is 0 Å². The lowest BCUT2D eigenvalue weighted by atomic mass is 9.93. The summed E-state index contributed by atoms with van der Waals surface area (Å²) in [5.74, 6) is 1.45. The standard InChI is InChI=1S/C17H19FO2/c1-13-3-7-15(8-4-13)20-16-9-5-14(6-10-16)17(2,19)11-12-18/h3-10,19H,11-12H2,1-2H3. The quantitative estimate of drug-likeness (QED) is 0.878. The second kappa shape index (κ2) is 6.06. The lowest BCUT2D eigenvalue weighted by Gasteiger charge is -2.22. The van der Waals surface area contributed by atoms with Crippen molar-refractivity contribution in [2.75, 3.05) is 6.67 Å². The molecule has 0 fully saturated rings. The predicted octanol–water partition coefficient (Wildman–Crippen LogP) is 4.35. The molecule has 0 spiro atoms. The van der Waals surface area contributed by atoms with Crippen LogP contribution in [0.4, 0.5) is 4.39 Å². The molecule has 2 aromatic carbocycles. The molecule has 3 heteroatoms. The zero-order valence-corrected chi connectivity index (χ0v) is 11.8. The fourth-order valence-electron chi connectivity index (χ4n) is 1.95.